The Morgan fingerprint density at radius 1 is 1.00 bits per heavy atom. The molecule has 0 radical (unpaired) electrons. The third-order valence-electron chi connectivity index (χ3n) is 4.61. The van der Waals surface area contributed by atoms with E-state index in [-0.39, 0.29) is 22.9 Å². The number of rotatable bonds is 3. The molecule has 0 unspecified atom stereocenters. The molecule has 0 saturated heterocycles. The highest BCUT2D eigenvalue weighted by molar-refractivity contribution is 6.15. The maximum absolute atomic E-state index is 13.0. The average Bonchev–Trinajstić information content (AvgIpc) is 3.00. The fourth-order valence-electron chi connectivity index (χ4n) is 3.10. The van der Waals surface area contributed by atoms with Crippen LogP contribution in [-0.4, -0.2) is 11.8 Å². The van der Waals surface area contributed by atoms with E-state index in [4.69, 9.17) is 9.47 Å². The molecule has 29 heavy (non-hydrogen) atoms. The van der Waals surface area contributed by atoms with Gasteiger partial charge in [-0.25, -0.2) is 9.18 Å². The number of carbonyl (C=O) groups excluding carboxylic acids is 2. The highest BCUT2D eigenvalue weighted by Gasteiger charge is 2.30. The number of allylic oxidation sites excluding steroid dienone is 1. The Hall–Kier alpha value is -3.73. The van der Waals surface area contributed by atoms with Gasteiger partial charge in [0.25, 0.3) is 0 Å². The molecule has 0 saturated carbocycles. The fourth-order valence-corrected chi connectivity index (χ4v) is 3.10. The zero-order valence-electron chi connectivity index (χ0n) is 15.9. The van der Waals surface area contributed by atoms with E-state index in [2.05, 4.69) is 0 Å². The lowest BCUT2D eigenvalue weighted by Gasteiger charge is -2.07. The van der Waals surface area contributed by atoms with Crippen LogP contribution in [0.25, 0.3) is 6.08 Å². The SMILES string of the molecule is Cc1ccc(/C=C2\Oc3cc(OC(=O)c4ccc(F)cc4)cc(C)c3C2=O)cc1. The van der Waals surface area contributed by atoms with E-state index in [1.54, 1.807) is 19.1 Å². The van der Waals surface area contributed by atoms with Crippen LogP contribution in [0.4, 0.5) is 4.39 Å². The predicted octanol–water partition coefficient (Wildman–Crippen LogP) is 5.28. The van der Waals surface area contributed by atoms with Crippen molar-refractivity contribution in [1.29, 1.82) is 0 Å². The summed E-state index contributed by atoms with van der Waals surface area (Å²) in [6.07, 6.45) is 1.69. The van der Waals surface area contributed by atoms with Gasteiger partial charge in [-0.1, -0.05) is 29.8 Å². The van der Waals surface area contributed by atoms with Gasteiger partial charge in [-0.05, 0) is 61.4 Å². The minimum absolute atomic E-state index is 0.213. The van der Waals surface area contributed by atoms with Crippen molar-refractivity contribution >= 4 is 17.8 Å². The summed E-state index contributed by atoms with van der Waals surface area (Å²) in [6, 6.07) is 15.9. The first-order valence-electron chi connectivity index (χ1n) is 9.04. The Morgan fingerprint density at radius 3 is 2.38 bits per heavy atom. The van der Waals surface area contributed by atoms with Crippen LogP contribution in [0.3, 0.4) is 0 Å². The van der Waals surface area contributed by atoms with Crippen LogP contribution in [-0.2, 0) is 0 Å². The largest absolute Gasteiger partial charge is 0.452 e. The highest BCUT2D eigenvalue weighted by atomic mass is 19.1. The molecule has 4 nitrogen and oxygen atoms in total. The third-order valence-corrected chi connectivity index (χ3v) is 4.61. The summed E-state index contributed by atoms with van der Waals surface area (Å²) in [5.74, 6) is -0.461. The van der Waals surface area contributed by atoms with E-state index < -0.39 is 11.8 Å². The number of ether oxygens (including phenoxy) is 2. The van der Waals surface area contributed by atoms with Crippen LogP contribution >= 0.6 is 0 Å². The number of Topliss-reactive ketones (excluding diaryl/α,β-unsaturated/α-hetero) is 1. The van der Waals surface area contributed by atoms with Crippen LogP contribution in [0, 0.1) is 19.7 Å². The zero-order valence-corrected chi connectivity index (χ0v) is 15.9. The van der Waals surface area contributed by atoms with Crippen LogP contribution in [0.15, 0.2) is 66.4 Å². The molecule has 0 amide bonds. The molecule has 0 fully saturated rings. The van der Waals surface area contributed by atoms with Crippen LogP contribution < -0.4 is 9.47 Å². The number of fused-ring (bicyclic) bond motifs is 1. The van der Waals surface area contributed by atoms with Crippen molar-refractivity contribution in [2.45, 2.75) is 13.8 Å². The Morgan fingerprint density at radius 2 is 1.69 bits per heavy atom. The average molecular weight is 388 g/mol. The van der Waals surface area contributed by atoms with Gasteiger partial charge in [-0.2, -0.15) is 0 Å². The first-order chi connectivity index (χ1) is 13.9. The molecule has 0 atom stereocenters. The first-order valence-corrected chi connectivity index (χ1v) is 9.04. The normalized spacial score (nSPS) is 13.9. The minimum atomic E-state index is -0.621. The summed E-state index contributed by atoms with van der Waals surface area (Å²) >= 11 is 0. The summed E-state index contributed by atoms with van der Waals surface area (Å²) in [5, 5.41) is 0. The Balaban J connectivity index is 1.59. The molecule has 3 aromatic carbocycles. The van der Waals surface area contributed by atoms with Gasteiger partial charge in [0.1, 0.15) is 17.3 Å². The van der Waals surface area contributed by atoms with Crippen molar-refractivity contribution in [3.8, 4) is 11.5 Å². The molecule has 1 aliphatic heterocycles. The molecule has 5 heteroatoms. The highest BCUT2D eigenvalue weighted by Crippen LogP contribution is 2.37. The molecule has 0 aromatic heterocycles. The lowest BCUT2D eigenvalue weighted by molar-refractivity contribution is 0.0734. The second-order valence-corrected chi connectivity index (χ2v) is 6.86. The van der Waals surface area contributed by atoms with Crippen LogP contribution in [0.5, 0.6) is 11.5 Å². The molecular formula is C24H17FO4. The third kappa shape index (κ3) is 3.80. The summed E-state index contributed by atoms with van der Waals surface area (Å²) in [6.45, 7) is 3.74. The first kappa shape index (κ1) is 18.6. The van der Waals surface area contributed by atoms with Gasteiger partial charge in [0, 0.05) is 6.07 Å². The van der Waals surface area contributed by atoms with E-state index in [1.165, 1.54) is 30.3 Å². The van der Waals surface area contributed by atoms with Gasteiger partial charge in [0.15, 0.2) is 5.76 Å². The second-order valence-electron chi connectivity index (χ2n) is 6.86. The number of hydrogen-bond donors (Lipinski definition) is 0. The van der Waals surface area contributed by atoms with E-state index in [9.17, 15) is 14.0 Å². The van der Waals surface area contributed by atoms with Crippen LogP contribution in [0.2, 0.25) is 0 Å². The molecule has 0 aliphatic carbocycles. The lowest BCUT2D eigenvalue weighted by Crippen LogP contribution is -2.08. The van der Waals surface area contributed by atoms with Gasteiger partial charge in [0.05, 0.1) is 11.1 Å². The summed E-state index contributed by atoms with van der Waals surface area (Å²) in [4.78, 5) is 25.0. The van der Waals surface area contributed by atoms with Crippen molar-refractivity contribution in [1.82, 2.24) is 0 Å². The van der Waals surface area contributed by atoms with Crippen molar-refractivity contribution in [2.24, 2.45) is 0 Å². The summed E-state index contributed by atoms with van der Waals surface area (Å²) in [7, 11) is 0. The molecule has 144 valence electrons. The van der Waals surface area contributed by atoms with E-state index in [1.807, 2.05) is 31.2 Å². The summed E-state index contributed by atoms with van der Waals surface area (Å²) < 4.78 is 24.1. The van der Waals surface area contributed by atoms with Crippen molar-refractivity contribution in [2.75, 3.05) is 0 Å². The molecule has 1 heterocycles. The standard InChI is InChI=1S/C24H17FO4/c1-14-3-5-16(6-4-14)12-21-23(26)22-15(2)11-19(13-20(22)29-21)28-24(27)17-7-9-18(25)10-8-17/h3-13H,1-2H3/b21-12-. The van der Waals surface area contributed by atoms with Gasteiger partial charge >= 0.3 is 5.97 Å². The van der Waals surface area contributed by atoms with E-state index >= 15 is 0 Å². The Labute approximate surface area is 167 Å². The van der Waals surface area contributed by atoms with E-state index in [0.717, 1.165) is 11.1 Å². The quantitative estimate of drug-likeness (QED) is 0.348. The van der Waals surface area contributed by atoms with Crippen LogP contribution in [0.1, 0.15) is 37.4 Å². The molecule has 4 rings (SSSR count). The Kier molecular flexibility index (Phi) is 4.72. The monoisotopic (exact) mass is 388 g/mol. The smallest absolute Gasteiger partial charge is 0.343 e. The minimum Gasteiger partial charge on any atom is -0.452 e. The van der Waals surface area contributed by atoms with E-state index in [0.29, 0.717) is 16.9 Å². The number of halogens is 1. The van der Waals surface area contributed by atoms with Crippen molar-refractivity contribution in [3.63, 3.8) is 0 Å². The van der Waals surface area contributed by atoms with Gasteiger partial charge in [-0.3, -0.25) is 4.79 Å². The fraction of sp³-hybridized carbons (Fsp3) is 0.0833. The predicted molar refractivity (Wildman–Crippen MR) is 107 cm³/mol. The van der Waals surface area contributed by atoms with Gasteiger partial charge in [-0.15, -0.1) is 0 Å². The topological polar surface area (TPSA) is 52.6 Å². The second kappa shape index (κ2) is 7.36. The lowest BCUT2D eigenvalue weighted by atomic mass is 10.0. The maximum Gasteiger partial charge on any atom is 0.343 e. The molecule has 3 aromatic rings. The van der Waals surface area contributed by atoms with Gasteiger partial charge < -0.3 is 9.47 Å². The number of benzene rings is 3. The molecule has 0 N–H and O–H groups in total. The molecule has 0 bridgehead atoms. The maximum atomic E-state index is 13.0. The van der Waals surface area contributed by atoms with Crippen molar-refractivity contribution < 1.29 is 23.5 Å². The number of aryl methyl sites for hydroxylation is 2. The summed E-state index contributed by atoms with van der Waals surface area (Å²) in [5.41, 5.74) is 3.29. The Bertz CT molecular complexity index is 1140. The molecule has 0 spiro atoms. The van der Waals surface area contributed by atoms with Crippen molar-refractivity contribution in [3.05, 3.63) is 100 Å². The molecular weight excluding hydrogens is 371 g/mol. The number of esters is 1. The zero-order chi connectivity index (χ0) is 20.5. The van der Waals surface area contributed by atoms with Gasteiger partial charge in [0.2, 0.25) is 5.78 Å². The number of carbonyl (C=O) groups is 2. The number of ketones is 1. The molecule has 1 aliphatic rings. The number of hydrogen-bond acceptors (Lipinski definition) is 4.